The number of fused-ring (bicyclic) bond motifs is 4. The number of aryl methyl sites for hydroxylation is 2. The molecule has 0 atom stereocenters. The topological polar surface area (TPSA) is 18.5 Å². The minimum atomic E-state index is -0.172. The second kappa shape index (κ2) is 11.5. The first kappa shape index (κ1) is 30.7. The third kappa shape index (κ3) is 4.72. The maximum Gasteiger partial charge on any atom is 0.250 e. The van der Waals surface area contributed by atoms with Crippen LogP contribution in [0.25, 0.3) is 33.4 Å². The first-order valence-corrected chi connectivity index (χ1v) is 17.7. The molecule has 0 saturated heterocycles. The summed E-state index contributed by atoms with van der Waals surface area (Å²) >= 11 is 1.86. The Morgan fingerprint density at radius 3 is 1.75 bits per heavy atom. The molecule has 0 aliphatic carbocycles. The van der Waals surface area contributed by atoms with E-state index in [1.165, 1.54) is 66.0 Å². The lowest BCUT2D eigenvalue weighted by Gasteiger charge is -2.35. The van der Waals surface area contributed by atoms with Crippen molar-refractivity contribution in [2.24, 2.45) is 0 Å². The smallest absolute Gasteiger partial charge is 0.250 e. The fraction of sp³-hybridized carbons (Fsp3) is 0.182. The monoisotopic (exact) mass is 642 g/mol. The van der Waals surface area contributed by atoms with Gasteiger partial charge in [-0.1, -0.05) is 112 Å². The SMILES string of the molecule is CB1Sc2ccccc2Oc2c1cccc2-c1c(C)ccc(-c2ccc(C)c(-c3cccc4c3Oc3ccccc3C4(C)C)c2C)c1C. The molecule has 2 heterocycles. The number of hydrogen-bond donors (Lipinski definition) is 0. The highest BCUT2D eigenvalue weighted by molar-refractivity contribution is 8.26. The number of ether oxygens (including phenoxy) is 2. The van der Waals surface area contributed by atoms with Crippen LogP contribution < -0.4 is 14.9 Å². The van der Waals surface area contributed by atoms with Crippen LogP contribution >= 0.6 is 11.6 Å². The van der Waals surface area contributed by atoms with Gasteiger partial charge >= 0.3 is 0 Å². The van der Waals surface area contributed by atoms with Crippen LogP contribution in [0.4, 0.5) is 0 Å². The first-order valence-electron chi connectivity index (χ1n) is 16.8. The quantitative estimate of drug-likeness (QED) is 0.179. The summed E-state index contributed by atoms with van der Waals surface area (Å²) in [5, 5.41) is 0. The second-order valence-corrected chi connectivity index (χ2v) is 15.2. The molecule has 8 rings (SSSR count). The molecule has 0 bridgehead atoms. The van der Waals surface area contributed by atoms with E-state index in [1.54, 1.807) is 0 Å². The molecule has 2 nitrogen and oxygen atoms in total. The molecular weight excluding hydrogens is 603 g/mol. The molecule has 0 unspecified atom stereocenters. The van der Waals surface area contributed by atoms with Gasteiger partial charge in [0.1, 0.15) is 23.0 Å². The van der Waals surface area contributed by atoms with Crippen molar-refractivity contribution >= 4 is 23.1 Å². The highest BCUT2D eigenvalue weighted by Crippen LogP contribution is 2.53. The summed E-state index contributed by atoms with van der Waals surface area (Å²) in [5.74, 6) is 4.05. The minimum absolute atomic E-state index is 0.172. The van der Waals surface area contributed by atoms with Crippen LogP contribution in [0.3, 0.4) is 0 Å². The van der Waals surface area contributed by atoms with E-state index in [9.17, 15) is 0 Å². The summed E-state index contributed by atoms with van der Waals surface area (Å²) in [5.41, 5.74) is 15.7. The molecule has 0 radical (unpaired) electrons. The van der Waals surface area contributed by atoms with E-state index in [2.05, 4.69) is 158 Å². The predicted octanol–water partition coefficient (Wildman–Crippen LogP) is 12.1. The van der Waals surface area contributed by atoms with Crippen molar-refractivity contribution in [2.75, 3.05) is 0 Å². The van der Waals surface area contributed by atoms with Gasteiger partial charge in [0, 0.05) is 32.6 Å². The Bertz CT molecular complexity index is 2200. The van der Waals surface area contributed by atoms with Gasteiger partial charge in [-0.3, -0.25) is 0 Å². The summed E-state index contributed by atoms with van der Waals surface area (Å²) in [4.78, 5) is 1.18. The van der Waals surface area contributed by atoms with E-state index in [0.29, 0.717) is 0 Å². The van der Waals surface area contributed by atoms with Crippen LogP contribution in [-0.4, -0.2) is 5.99 Å². The normalized spacial score (nSPS) is 14.1. The van der Waals surface area contributed by atoms with Gasteiger partial charge in [-0.05, 0) is 95.9 Å². The molecule has 0 N–H and O–H groups in total. The van der Waals surface area contributed by atoms with Crippen molar-refractivity contribution in [1.82, 2.24) is 0 Å². The van der Waals surface area contributed by atoms with Crippen LogP contribution in [0.5, 0.6) is 23.0 Å². The van der Waals surface area contributed by atoms with E-state index >= 15 is 0 Å². The zero-order chi connectivity index (χ0) is 33.3. The maximum atomic E-state index is 6.79. The molecule has 0 aromatic heterocycles. The molecule has 0 spiro atoms. The van der Waals surface area contributed by atoms with Crippen molar-refractivity contribution in [2.45, 2.75) is 58.7 Å². The van der Waals surface area contributed by atoms with Gasteiger partial charge in [-0.2, -0.15) is 11.6 Å². The first-order chi connectivity index (χ1) is 23.1. The van der Waals surface area contributed by atoms with Gasteiger partial charge in [0.2, 0.25) is 5.99 Å². The van der Waals surface area contributed by atoms with Crippen LogP contribution in [0.15, 0.2) is 114 Å². The van der Waals surface area contributed by atoms with Crippen LogP contribution in [-0.2, 0) is 5.41 Å². The molecule has 4 heteroatoms. The fourth-order valence-electron chi connectivity index (χ4n) is 7.95. The fourth-order valence-corrected chi connectivity index (χ4v) is 9.03. The number of benzene rings is 6. The number of rotatable bonds is 3. The molecule has 236 valence electrons. The molecule has 6 aromatic carbocycles. The zero-order valence-corrected chi connectivity index (χ0v) is 29.5. The molecule has 2 aliphatic heterocycles. The lowest BCUT2D eigenvalue weighted by atomic mass is 9.69. The molecule has 0 amide bonds. The van der Waals surface area contributed by atoms with Gasteiger partial charge < -0.3 is 9.47 Å². The largest absolute Gasteiger partial charge is 0.456 e. The Kier molecular flexibility index (Phi) is 7.34. The van der Waals surface area contributed by atoms with Crippen LogP contribution in [0.2, 0.25) is 6.82 Å². The van der Waals surface area contributed by atoms with Crippen molar-refractivity contribution in [3.8, 4) is 56.4 Å². The molecule has 2 aliphatic rings. The Labute approximate surface area is 289 Å². The summed E-state index contributed by atoms with van der Waals surface area (Å²) < 4.78 is 13.5. The van der Waals surface area contributed by atoms with E-state index in [1.807, 2.05) is 11.6 Å². The van der Waals surface area contributed by atoms with Gasteiger partial charge in [0.25, 0.3) is 0 Å². The second-order valence-electron chi connectivity index (χ2n) is 13.8. The average Bonchev–Trinajstić information content (AvgIpc) is 3.22. The average molecular weight is 643 g/mol. The third-order valence-corrected chi connectivity index (χ3v) is 11.7. The summed E-state index contributed by atoms with van der Waals surface area (Å²) in [6.07, 6.45) is 0. The maximum absolute atomic E-state index is 6.79. The van der Waals surface area contributed by atoms with Crippen molar-refractivity contribution in [1.29, 1.82) is 0 Å². The van der Waals surface area contributed by atoms with Crippen molar-refractivity contribution in [3.63, 3.8) is 0 Å². The zero-order valence-electron chi connectivity index (χ0n) is 28.7. The lowest BCUT2D eigenvalue weighted by molar-refractivity contribution is 0.419. The minimum Gasteiger partial charge on any atom is -0.456 e. The molecule has 6 aromatic rings. The van der Waals surface area contributed by atoms with Crippen molar-refractivity contribution < 1.29 is 9.47 Å². The van der Waals surface area contributed by atoms with Gasteiger partial charge in [-0.25, -0.2) is 0 Å². The molecule has 0 saturated carbocycles. The summed E-state index contributed by atoms with van der Waals surface area (Å²) in [6.45, 7) is 15.9. The third-order valence-electron chi connectivity index (χ3n) is 10.5. The van der Waals surface area contributed by atoms with E-state index in [4.69, 9.17) is 9.47 Å². The standard InChI is InChI=1S/C44H39BO2S/c1-26-22-24-30(28(3)40(26)32-14-12-17-35-42(32)46-37-19-9-8-16-34(37)44(35,5)6)31-25-23-27(2)41(29(31)4)33-15-13-18-36-43(33)47-38-20-10-11-21-39(38)48-45(36)7/h8-25H,1-7H3. The number of hydrogen-bond acceptors (Lipinski definition) is 3. The highest BCUT2D eigenvalue weighted by atomic mass is 32.2. The lowest BCUT2D eigenvalue weighted by Crippen LogP contribution is -2.24. The van der Waals surface area contributed by atoms with Crippen LogP contribution in [0.1, 0.15) is 47.2 Å². The Hall–Kier alpha value is -4.67. The van der Waals surface area contributed by atoms with Gasteiger partial charge in [0.15, 0.2) is 0 Å². The molecule has 48 heavy (non-hydrogen) atoms. The summed E-state index contributed by atoms with van der Waals surface area (Å²) in [7, 11) is 0. The predicted molar refractivity (Wildman–Crippen MR) is 204 cm³/mol. The van der Waals surface area contributed by atoms with Gasteiger partial charge in [0.05, 0.1) is 0 Å². The van der Waals surface area contributed by atoms with Gasteiger partial charge in [-0.15, -0.1) is 0 Å². The number of para-hydroxylation sites is 4. The molecule has 0 fully saturated rings. The highest BCUT2D eigenvalue weighted by Gasteiger charge is 2.36. The molecular formula is C44H39BO2S. The van der Waals surface area contributed by atoms with E-state index < -0.39 is 0 Å². The Morgan fingerprint density at radius 2 is 1.06 bits per heavy atom. The summed E-state index contributed by atoms with van der Waals surface area (Å²) in [6, 6.07) is 39.2. The Balaban J connectivity index is 1.29. The van der Waals surface area contributed by atoms with Crippen LogP contribution in [0, 0.1) is 27.7 Å². The van der Waals surface area contributed by atoms with Crippen molar-refractivity contribution in [3.05, 3.63) is 143 Å². The Morgan fingerprint density at radius 1 is 0.521 bits per heavy atom. The van der Waals surface area contributed by atoms with E-state index in [-0.39, 0.29) is 11.4 Å². The van der Waals surface area contributed by atoms with E-state index in [0.717, 1.165) is 34.1 Å².